The van der Waals surface area contributed by atoms with Crippen LogP contribution < -0.4 is 0 Å². The minimum atomic E-state index is -0.0475. The van der Waals surface area contributed by atoms with Crippen LogP contribution in [0.3, 0.4) is 0 Å². The number of fused-ring (bicyclic) bond motifs is 1. The van der Waals surface area contributed by atoms with E-state index in [1.54, 1.807) is 16.6 Å². The van der Waals surface area contributed by atoms with Crippen LogP contribution in [-0.4, -0.2) is 33.5 Å². The van der Waals surface area contributed by atoms with E-state index in [1.165, 1.54) is 0 Å². The van der Waals surface area contributed by atoms with Crippen LogP contribution in [-0.2, 0) is 0 Å². The number of amides is 1. The molecule has 0 spiro atoms. The lowest BCUT2D eigenvalue weighted by molar-refractivity contribution is 0.0755. The van der Waals surface area contributed by atoms with Gasteiger partial charge in [0.25, 0.3) is 5.91 Å². The Bertz CT molecular complexity index is 985. The van der Waals surface area contributed by atoms with E-state index in [9.17, 15) is 4.79 Å². The first-order chi connectivity index (χ1) is 12.9. The minimum absolute atomic E-state index is 0.0475. The zero-order valence-electron chi connectivity index (χ0n) is 16.0. The van der Waals surface area contributed by atoms with Crippen molar-refractivity contribution < 1.29 is 9.21 Å². The van der Waals surface area contributed by atoms with Crippen LogP contribution >= 0.6 is 23.2 Å². The number of hydrogen-bond acceptors (Lipinski definition) is 3. The van der Waals surface area contributed by atoms with Gasteiger partial charge in [-0.2, -0.15) is 9.61 Å². The van der Waals surface area contributed by atoms with Gasteiger partial charge in [-0.3, -0.25) is 4.79 Å². The number of rotatable bonds is 6. The molecule has 0 saturated carbocycles. The van der Waals surface area contributed by atoms with E-state index in [2.05, 4.69) is 18.9 Å². The molecule has 3 rings (SSSR count). The molecule has 5 nitrogen and oxygen atoms in total. The van der Waals surface area contributed by atoms with E-state index in [-0.39, 0.29) is 5.91 Å². The average molecular weight is 408 g/mol. The van der Waals surface area contributed by atoms with Gasteiger partial charge in [-0.15, -0.1) is 0 Å². The number of oxazole rings is 1. The molecule has 3 aromatic rings. The summed E-state index contributed by atoms with van der Waals surface area (Å²) in [5, 5.41) is 5.65. The molecule has 7 heteroatoms. The first kappa shape index (κ1) is 19.8. The van der Waals surface area contributed by atoms with Gasteiger partial charge in [0.05, 0.1) is 10.7 Å². The molecule has 1 amide bonds. The summed E-state index contributed by atoms with van der Waals surface area (Å²) in [7, 11) is 0. The number of benzene rings is 1. The molecule has 0 fully saturated rings. The highest BCUT2D eigenvalue weighted by atomic mass is 35.5. The topological polar surface area (TPSA) is 50.8 Å². The molecule has 144 valence electrons. The van der Waals surface area contributed by atoms with Crippen LogP contribution in [0.15, 0.2) is 22.6 Å². The first-order valence-electron chi connectivity index (χ1n) is 9.12. The Hall–Kier alpha value is -1.98. The third-order valence-electron chi connectivity index (χ3n) is 4.49. The minimum Gasteiger partial charge on any atom is -0.440 e. The molecule has 0 aliphatic heterocycles. The van der Waals surface area contributed by atoms with Crippen LogP contribution in [0.5, 0.6) is 0 Å². The molecule has 1 aromatic carbocycles. The van der Waals surface area contributed by atoms with E-state index in [1.807, 2.05) is 24.8 Å². The Kier molecular flexibility index (Phi) is 5.82. The van der Waals surface area contributed by atoms with Gasteiger partial charge in [0, 0.05) is 23.7 Å². The Balaban J connectivity index is 2.15. The fraction of sp³-hybridized carbons (Fsp3) is 0.400. The van der Waals surface area contributed by atoms with Crippen molar-refractivity contribution in [2.75, 3.05) is 13.1 Å². The Morgan fingerprint density at radius 3 is 2.44 bits per heavy atom. The predicted molar refractivity (Wildman–Crippen MR) is 109 cm³/mol. The molecule has 0 saturated heterocycles. The first-order valence-corrected chi connectivity index (χ1v) is 9.88. The van der Waals surface area contributed by atoms with Crippen LogP contribution in [0.4, 0.5) is 0 Å². The van der Waals surface area contributed by atoms with Gasteiger partial charge < -0.3 is 9.32 Å². The number of carbonyl (C=O) groups is 1. The average Bonchev–Trinajstić information content (AvgIpc) is 3.07. The van der Waals surface area contributed by atoms with E-state index in [4.69, 9.17) is 27.6 Å². The zero-order chi connectivity index (χ0) is 19.7. The molecule has 0 aliphatic carbocycles. The molecular weight excluding hydrogens is 385 g/mol. The van der Waals surface area contributed by atoms with Crippen molar-refractivity contribution in [3.63, 3.8) is 0 Å². The number of aromatic nitrogens is 2. The smallest absolute Gasteiger partial charge is 0.261 e. The third kappa shape index (κ3) is 3.58. The summed E-state index contributed by atoms with van der Waals surface area (Å²) >= 11 is 12.4. The van der Waals surface area contributed by atoms with E-state index >= 15 is 0 Å². The molecule has 27 heavy (non-hydrogen) atoms. The quantitative estimate of drug-likeness (QED) is 0.520. The second-order valence-electron chi connectivity index (χ2n) is 6.60. The Labute approximate surface area is 168 Å². The van der Waals surface area contributed by atoms with Crippen LogP contribution in [0, 0.1) is 13.8 Å². The number of carbonyl (C=O) groups excluding carboxylic acids is 1. The second kappa shape index (κ2) is 7.95. The summed E-state index contributed by atoms with van der Waals surface area (Å²) in [5.41, 5.74) is 3.09. The van der Waals surface area contributed by atoms with Crippen molar-refractivity contribution in [1.82, 2.24) is 14.5 Å². The molecule has 0 radical (unpaired) electrons. The molecule has 0 unspecified atom stereocenters. The van der Waals surface area contributed by atoms with Gasteiger partial charge in [-0.1, -0.05) is 37.0 Å². The molecule has 2 heterocycles. The van der Waals surface area contributed by atoms with Gasteiger partial charge in [0.1, 0.15) is 17.0 Å². The molecular formula is C20H23Cl2N3O2. The molecule has 0 N–H and O–H groups in total. The predicted octanol–water partition coefficient (Wildman–Crippen LogP) is 5.78. The zero-order valence-corrected chi connectivity index (χ0v) is 17.5. The standard InChI is InChI=1S/C20H23Cl2N3O2/c1-5-9-24(10-6-2)19(26)17-12(3)23-25-18(13(4)27-20(17)25)15-8-7-14(21)11-16(15)22/h7-8,11H,5-6,9-10H2,1-4H3. The molecule has 2 aromatic heterocycles. The van der Waals surface area contributed by atoms with Crippen LogP contribution in [0.2, 0.25) is 10.0 Å². The summed E-state index contributed by atoms with van der Waals surface area (Å²) in [6.07, 6.45) is 1.80. The molecule has 0 bridgehead atoms. The summed E-state index contributed by atoms with van der Waals surface area (Å²) in [6.45, 7) is 9.21. The highest BCUT2D eigenvalue weighted by Crippen LogP contribution is 2.35. The lowest BCUT2D eigenvalue weighted by atomic mass is 10.1. The molecule has 0 atom stereocenters. The number of aryl methyl sites for hydroxylation is 2. The van der Waals surface area contributed by atoms with Crippen molar-refractivity contribution in [2.45, 2.75) is 40.5 Å². The fourth-order valence-electron chi connectivity index (χ4n) is 3.34. The van der Waals surface area contributed by atoms with Gasteiger partial charge in [-0.05, 0) is 44.9 Å². The van der Waals surface area contributed by atoms with Crippen LogP contribution in [0.25, 0.3) is 17.0 Å². The second-order valence-corrected chi connectivity index (χ2v) is 7.44. The molecule has 0 aliphatic rings. The SMILES string of the molecule is CCCN(CCC)C(=O)c1c(C)nn2c(-c3ccc(Cl)cc3Cl)c(C)oc12. The van der Waals surface area contributed by atoms with Crippen molar-refractivity contribution in [2.24, 2.45) is 0 Å². The van der Waals surface area contributed by atoms with Gasteiger partial charge in [0.15, 0.2) is 0 Å². The maximum absolute atomic E-state index is 13.2. The lowest BCUT2D eigenvalue weighted by Gasteiger charge is -2.20. The summed E-state index contributed by atoms with van der Waals surface area (Å²) in [5.74, 6) is 0.599. The largest absolute Gasteiger partial charge is 0.440 e. The summed E-state index contributed by atoms with van der Waals surface area (Å²) in [6, 6.07) is 5.29. The van der Waals surface area contributed by atoms with Crippen molar-refractivity contribution >= 4 is 34.8 Å². The van der Waals surface area contributed by atoms with Gasteiger partial charge in [-0.25, -0.2) is 0 Å². The van der Waals surface area contributed by atoms with Crippen molar-refractivity contribution in [3.8, 4) is 11.3 Å². The number of nitrogens with zero attached hydrogens (tertiary/aromatic N) is 3. The van der Waals surface area contributed by atoms with Gasteiger partial charge >= 0.3 is 0 Å². The lowest BCUT2D eigenvalue weighted by Crippen LogP contribution is -2.32. The maximum atomic E-state index is 13.2. The summed E-state index contributed by atoms with van der Waals surface area (Å²) in [4.78, 5) is 15.0. The monoisotopic (exact) mass is 407 g/mol. The van der Waals surface area contributed by atoms with Crippen molar-refractivity contribution in [3.05, 3.63) is 45.3 Å². The maximum Gasteiger partial charge on any atom is 0.261 e. The van der Waals surface area contributed by atoms with Gasteiger partial charge in [0.2, 0.25) is 5.71 Å². The van der Waals surface area contributed by atoms with Crippen LogP contribution in [0.1, 0.15) is 48.5 Å². The van der Waals surface area contributed by atoms with E-state index < -0.39 is 0 Å². The third-order valence-corrected chi connectivity index (χ3v) is 5.04. The Morgan fingerprint density at radius 1 is 1.19 bits per heavy atom. The highest BCUT2D eigenvalue weighted by Gasteiger charge is 2.28. The number of hydrogen-bond donors (Lipinski definition) is 0. The normalized spacial score (nSPS) is 11.3. The van der Waals surface area contributed by atoms with E-state index in [0.717, 1.165) is 24.1 Å². The fourth-order valence-corrected chi connectivity index (χ4v) is 3.84. The van der Waals surface area contributed by atoms with Crippen molar-refractivity contribution in [1.29, 1.82) is 0 Å². The Morgan fingerprint density at radius 2 is 1.85 bits per heavy atom. The van der Waals surface area contributed by atoms with E-state index in [0.29, 0.717) is 45.9 Å². The number of halogens is 2. The summed E-state index contributed by atoms with van der Waals surface area (Å²) < 4.78 is 7.65. The highest BCUT2D eigenvalue weighted by molar-refractivity contribution is 6.36.